The van der Waals surface area contributed by atoms with E-state index in [1.54, 1.807) is 0 Å². The Balaban J connectivity index is 2.10. The highest BCUT2D eigenvalue weighted by Crippen LogP contribution is 2.24. The Morgan fingerprint density at radius 1 is 1.27 bits per heavy atom. The van der Waals surface area contributed by atoms with E-state index in [-0.39, 0.29) is 0 Å². The maximum atomic E-state index is 8.84. The summed E-state index contributed by atoms with van der Waals surface area (Å²) in [6.45, 7) is 6.21. The average Bonchev–Trinajstić information content (AvgIpc) is 2.17. The summed E-state index contributed by atoms with van der Waals surface area (Å²) < 4.78 is 5.51. The largest absolute Gasteiger partial charge is 0.396 e. The van der Waals surface area contributed by atoms with Gasteiger partial charge in [0.05, 0.1) is 6.61 Å². The van der Waals surface area contributed by atoms with Crippen molar-refractivity contribution in [3.05, 3.63) is 0 Å². The van der Waals surface area contributed by atoms with Crippen molar-refractivity contribution in [3.63, 3.8) is 0 Å². The second kappa shape index (κ2) is 8.08. The predicted molar refractivity (Wildman–Crippen MR) is 62.0 cm³/mol. The number of aliphatic hydroxyl groups is 1. The molecule has 90 valence electrons. The Morgan fingerprint density at radius 3 is 2.60 bits per heavy atom. The summed E-state index contributed by atoms with van der Waals surface area (Å²) in [6, 6.07) is 0.766. The summed E-state index contributed by atoms with van der Waals surface area (Å²) in [5.74, 6) is 0. The van der Waals surface area contributed by atoms with Crippen LogP contribution in [-0.2, 0) is 4.74 Å². The minimum atomic E-state index is 0.305. The van der Waals surface area contributed by atoms with E-state index in [1.165, 1.54) is 19.3 Å². The van der Waals surface area contributed by atoms with Gasteiger partial charge in [-0.1, -0.05) is 13.3 Å². The lowest BCUT2D eigenvalue weighted by Crippen LogP contribution is -2.42. The zero-order valence-corrected chi connectivity index (χ0v) is 9.95. The van der Waals surface area contributed by atoms with E-state index in [0.29, 0.717) is 6.61 Å². The maximum absolute atomic E-state index is 8.84. The van der Waals surface area contributed by atoms with Gasteiger partial charge in [0.15, 0.2) is 0 Å². The van der Waals surface area contributed by atoms with Gasteiger partial charge in [-0.3, -0.25) is 4.90 Å². The first-order chi connectivity index (χ1) is 7.38. The molecule has 0 saturated heterocycles. The number of rotatable bonds is 9. The minimum absolute atomic E-state index is 0.305. The van der Waals surface area contributed by atoms with Crippen LogP contribution in [0.4, 0.5) is 0 Å². The molecular formula is C12H25NO2. The van der Waals surface area contributed by atoms with Gasteiger partial charge >= 0.3 is 0 Å². The SMILES string of the molecule is CCCOCCN(CCCO)C1CCC1. The molecule has 1 aliphatic carbocycles. The standard InChI is InChI=1S/C12H25NO2/c1-2-10-15-11-8-13(7-4-9-14)12-5-3-6-12/h12,14H,2-11H2,1H3. The normalized spacial score (nSPS) is 17.0. The lowest BCUT2D eigenvalue weighted by atomic mass is 9.91. The van der Waals surface area contributed by atoms with Crippen LogP contribution in [0.15, 0.2) is 0 Å². The highest BCUT2D eigenvalue weighted by molar-refractivity contribution is 4.79. The average molecular weight is 215 g/mol. The van der Waals surface area contributed by atoms with Crippen LogP contribution < -0.4 is 0 Å². The predicted octanol–water partition coefficient (Wildman–Crippen LogP) is 1.65. The van der Waals surface area contributed by atoms with Crippen molar-refractivity contribution in [3.8, 4) is 0 Å². The third-order valence-electron chi connectivity index (χ3n) is 3.07. The van der Waals surface area contributed by atoms with Gasteiger partial charge in [0.2, 0.25) is 0 Å². The molecule has 0 aromatic rings. The van der Waals surface area contributed by atoms with Crippen molar-refractivity contribution in [1.29, 1.82) is 0 Å². The number of hydrogen-bond acceptors (Lipinski definition) is 3. The molecule has 1 N–H and O–H groups in total. The van der Waals surface area contributed by atoms with Gasteiger partial charge in [0.1, 0.15) is 0 Å². The highest BCUT2D eigenvalue weighted by Gasteiger charge is 2.23. The summed E-state index contributed by atoms with van der Waals surface area (Å²) in [4.78, 5) is 2.48. The Hall–Kier alpha value is -0.120. The fraction of sp³-hybridized carbons (Fsp3) is 1.00. The van der Waals surface area contributed by atoms with E-state index in [1.807, 2.05) is 0 Å². The third kappa shape index (κ3) is 4.96. The van der Waals surface area contributed by atoms with E-state index in [9.17, 15) is 0 Å². The van der Waals surface area contributed by atoms with Gasteiger partial charge in [0.25, 0.3) is 0 Å². The molecule has 3 nitrogen and oxygen atoms in total. The van der Waals surface area contributed by atoms with Crippen molar-refractivity contribution < 1.29 is 9.84 Å². The fourth-order valence-corrected chi connectivity index (χ4v) is 1.93. The van der Waals surface area contributed by atoms with Crippen LogP contribution in [0.3, 0.4) is 0 Å². The Bertz CT molecular complexity index is 149. The van der Waals surface area contributed by atoms with Crippen LogP contribution in [0.2, 0.25) is 0 Å². The van der Waals surface area contributed by atoms with Crippen molar-refractivity contribution in [2.75, 3.05) is 32.9 Å². The third-order valence-corrected chi connectivity index (χ3v) is 3.07. The van der Waals surface area contributed by atoms with E-state index in [4.69, 9.17) is 9.84 Å². The number of nitrogens with zero attached hydrogens (tertiary/aromatic N) is 1. The van der Waals surface area contributed by atoms with E-state index < -0.39 is 0 Å². The Morgan fingerprint density at radius 2 is 2.07 bits per heavy atom. The second-order valence-corrected chi connectivity index (χ2v) is 4.31. The molecule has 1 fully saturated rings. The smallest absolute Gasteiger partial charge is 0.0593 e. The Labute approximate surface area is 93.4 Å². The molecule has 0 heterocycles. The molecule has 0 spiro atoms. The number of aliphatic hydroxyl groups excluding tert-OH is 1. The molecule has 3 heteroatoms. The Kier molecular flexibility index (Phi) is 6.98. The molecular weight excluding hydrogens is 190 g/mol. The van der Waals surface area contributed by atoms with Gasteiger partial charge in [-0.15, -0.1) is 0 Å². The molecule has 1 aliphatic rings. The summed E-state index contributed by atoms with van der Waals surface area (Å²) in [7, 11) is 0. The fourth-order valence-electron chi connectivity index (χ4n) is 1.93. The monoisotopic (exact) mass is 215 g/mol. The molecule has 0 bridgehead atoms. The topological polar surface area (TPSA) is 32.7 Å². The molecule has 0 aliphatic heterocycles. The van der Waals surface area contributed by atoms with Crippen molar-refractivity contribution in [2.45, 2.75) is 45.1 Å². The van der Waals surface area contributed by atoms with E-state index in [2.05, 4.69) is 11.8 Å². The van der Waals surface area contributed by atoms with Crippen molar-refractivity contribution in [1.82, 2.24) is 4.90 Å². The maximum Gasteiger partial charge on any atom is 0.0593 e. The number of ether oxygens (including phenoxy) is 1. The summed E-state index contributed by atoms with van der Waals surface area (Å²) in [5.41, 5.74) is 0. The molecule has 0 atom stereocenters. The van der Waals surface area contributed by atoms with Crippen LogP contribution in [0.25, 0.3) is 0 Å². The molecule has 0 aromatic carbocycles. The zero-order chi connectivity index (χ0) is 10.9. The van der Waals surface area contributed by atoms with Crippen LogP contribution in [0.5, 0.6) is 0 Å². The van der Waals surface area contributed by atoms with Crippen molar-refractivity contribution >= 4 is 0 Å². The van der Waals surface area contributed by atoms with E-state index in [0.717, 1.165) is 45.2 Å². The summed E-state index contributed by atoms with van der Waals surface area (Å²) in [6.07, 6.45) is 6.03. The van der Waals surface area contributed by atoms with Gasteiger partial charge < -0.3 is 9.84 Å². The lowest BCUT2D eigenvalue weighted by Gasteiger charge is -2.37. The van der Waals surface area contributed by atoms with Crippen LogP contribution in [0.1, 0.15) is 39.0 Å². The molecule has 0 radical (unpaired) electrons. The molecule has 1 saturated carbocycles. The van der Waals surface area contributed by atoms with Crippen LogP contribution >= 0.6 is 0 Å². The molecule has 0 amide bonds. The lowest BCUT2D eigenvalue weighted by molar-refractivity contribution is 0.0605. The molecule has 0 unspecified atom stereocenters. The molecule has 1 rings (SSSR count). The first-order valence-corrected chi connectivity index (χ1v) is 6.31. The van der Waals surface area contributed by atoms with Gasteiger partial charge in [-0.25, -0.2) is 0 Å². The van der Waals surface area contributed by atoms with Crippen molar-refractivity contribution in [2.24, 2.45) is 0 Å². The van der Waals surface area contributed by atoms with Crippen LogP contribution in [0, 0.1) is 0 Å². The zero-order valence-electron chi connectivity index (χ0n) is 9.95. The van der Waals surface area contributed by atoms with Gasteiger partial charge in [-0.2, -0.15) is 0 Å². The summed E-state index contributed by atoms with van der Waals surface area (Å²) >= 11 is 0. The van der Waals surface area contributed by atoms with Gasteiger partial charge in [0, 0.05) is 32.3 Å². The first-order valence-electron chi connectivity index (χ1n) is 6.31. The quantitative estimate of drug-likeness (QED) is 0.594. The first kappa shape index (κ1) is 12.9. The number of hydrogen-bond donors (Lipinski definition) is 1. The van der Waals surface area contributed by atoms with Gasteiger partial charge in [-0.05, 0) is 25.7 Å². The molecule has 15 heavy (non-hydrogen) atoms. The summed E-state index contributed by atoms with van der Waals surface area (Å²) in [5, 5.41) is 8.84. The molecule has 0 aromatic heterocycles. The van der Waals surface area contributed by atoms with E-state index >= 15 is 0 Å². The van der Waals surface area contributed by atoms with Crippen LogP contribution in [-0.4, -0.2) is 49.0 Å². The highest BCUT2D eigenvalue weighted by atomic mass is 16.5. The minimum Gasteiger partial charge on any atom is -0.396 e. The second-order valence-electron chi connectivity index (χ2n) is 4.31.